The van der Waals surface area contributed by atoms with E-state index < -0.39 is 10.8 Å². The van der Waals surface area contributed by atoms with Gasteiger partial charge in [0, 0.05) is 36.6 Å². The van der Waals surface area contributed by atoms with Crippen molar-refractivity contribution in [1.82, 2.24) is 0 Å². The molecular formula is C18H18ClN3O3. The minimum Gasteiger partial charge on any atom is -0.372 e. The maximum atomic E-state index is 12.4. The number of carbonyl (C=O) groups excluding carboxylic acids is 1. The molecule has 1 fully saturated rings. The third-order valence-electron chi connectivity index (χ3n) is 4.34. The number of benzene rings is 2. The van der Waals surface area contributed by atoms with Crippen LogP contribution in [0.25, 0.3) is 0 Å². The first-order valence-corrected chi connectivity index (χ1v) is 8.44. The fraction of sp³-hybridized carbons (Fsp3) is 0.278. The Labute approximate surface area is 150 Å². The normalized spacial score (nSPS) is 13.8. The molecule has 0 aromatic heterocycles. The average molecular weight is 360 g/mol. The minimum atomic E-state index is -0.547. The van der Waals surface area contributed by atoms with Crippen LogP contribution in [-0.2, 0) is 0 Å². The number of rotatable bonds is 4. The molecule has 1 heterocycles. The van der Waals surface area contributed by atoms with Gasteiger partial charge in [0.05, 0.1) is 15.5 Å². The summed E-state index contributed by atoms with van der Waals surface area (Å²) in [6.45, 7) is 4.06. The molecular weight excluding hydrogens is 342 g/mol. The fourth-order valence-electron chi connectivity index (χ4n) is 2.95. The van der Waals surface area contributed by atoms with E-state index in [0.717, 1.165) is 24.3 Å². The van der Waals surface area contributed by atoms with Crippen molar-refractivity contribution in [2.45, 2.75) is 19.8 Å². The molecule has 1 amide bonds. The number of nitrogens with zero attached hydrogens (tertiary/aromatic N) is 2. The number of hydrogen-bond acceptors (Lipinski definition) is 4. The lowest BCUT2D eigenvalue weighted by Gasteiger charge is -2.19. The van der Waals surface area contributed by atoms with Gasteiger partial charge in [0.15, 0.2) is 0 Å². The molecule has 0 radical (unpaired) electrons. The highest BCUT2D eigenvalue weighted by molar-refractivity contribution is 6.34. The van der Waals surface area contributed by atoms with Crippen molar-refractivity contribution >= 4 is 34.6 Å². The Bertz CT molecular complexity index is 832. The van der Waals surface area contributed by atoms with E-state index in [0.29, 0.717) is 5.69 Å². The van der Waals surface area contributed by atoms with E-state index in [9.17, 15) is 14.9 Å². The Hall–Kier alpha value is -2.60. The predicted octanol–water partition coefficient (Wildman–Crippen LogP) is 4.41. The van der Waals surface area contributed by atoms with E-state index >= 15 is 0 Å². The number of amides is 1. The fourth-order valence-corrected chi connectivity index (χ4v) is 3.21. The third-order valence-corrected chi connectivity index (χ3v) is 4.65. The van der Waals surface area contributed by atoms with Crippen molar-refractivity contribution in [3.05, 3.63) is 62.7 Å². The standard InChI is InChI=1S/C18H18ClN3O3/c1-12-10-13(21-8-2-3-9-21)5-7-17(12)20-18(23)15-6-4-14(22(24)25)11-16(15)19/h4-7,10-11H,2-3,8-9H2,1H3,(H,20,23). The van der Waals surface area contributed by atoms with Crippen LogP contribution in [0.1, 0.15) is 28.8 Å². The summed E-state index contributed by atoms with van der Waals surface area (Å²) in [5.41, 5.74) is 2.86. The number of hydrogen-bond donors (Lipinski definition) is 1. The van der Waals surface area contributed by atoms with E-state index in [4.69, 9.17) is 11.6 Å². The summed E-state index contributed by atoms with van der Waals surface area (Å²) in [5, 5.41) is 13.6. The molecule has 3 rings (SSSR count). The summed E-state index contributed by atoms with van der Waals surface area (Å²) in [4.78, 5) is 25.0. The van der Waals surface area contributed by atoms with Gasteiger partial charge in [0.25, 0.3) is 11.6 Å². The largest absolute Gasteiger partial charge is 0.372 e. The topological polar surface area (TPSA) is 75.5 Å². The first-order chi connectivity index (χ1) is 12.0. The highest BCUT2D eigenvalue weighted by Gasteiger charge is 2.17. The van der Waals surface area contributed by atoms with Gasteiger partial charge in [0.1, 0.15) is 0 Å². The SMILES string of the molecule is Cc1cc(N2CCCC2)ccc1NC(=O)c1ccc([N+](=O)[O-])cc1Cl. The summed E-state index contributed by atoms with van der Waals surface area (Å²) >= 11 is 6.01. The van der Waals surface area contributed by atoms with E-state index in [2.05, 4.69) is 16.3 Å². The molecule has 7 heteroatoms. The van der Waals surface area contributed by atoms with E-state index in [-0.39, 0.29) is 16.3 Å². The predicted molar refractivity (Wildman–Crippen MR) is 98.7 cm³/mol. The number of nitro benzene ring substituents is 1. The molecule has 0 spiro atoms. The van der Waals surface area contributed by atoms with Crippen LogP contribution in [0.5, 0.6) is 0 Å². The second kappa shape index (κ2) is 7.11. The lowest BCUT2D eigenvalue weighted by atomic mass is 10.1. The first-order valence-electron chi connectivity index (χ1n) is 8.06. The van der Waals surface area contributed by atoms with Gasteiger partial charge < -0.3 is 10.2 Å². The lowest BCUT2D eigenvalue weighted by Crippen LogP contribution is -2.18. The number of nitro groups is 1. The summed E-state index contributed by atoms with van der Waals surface area (Å²) in [7, 11) is 0. The molecule has 0 aliphatic carbocycles. The average Bonchev–Trinajstić information content (AvgIpc) is 3.10. The van der Waals surface area contributed by atoms with E-state index in [1.54, 1.807) is 0 Å². The van der Waals surface area contributed by atoms with Crippen LogP contribution < -0.4 is 10.2 Å². The van der Waals surface area contributed by atoms with Crippen molar-refractivity contribution in [3.63, 3.8) is 0 Å². The number of halogens is 1. The van der Waals surface area contributed by atoms with Crippen LogP contribution in [-0.4, -0.2) is 23.9 Å². The number of non-ortho nitro benzene ring substituents is 1. The van der Waals surface area contributed by atoms with E-state index in [1.165, 1.54) is 31.0 Å². The monoisotopic (exact) mass is 359 g/mol. The van der Waals surface area contributed by atoms with Crippen molar-refractivity contribution in [2.75, 3.05) is 23.3 Å². The number of nitrogens with one attached hydrogen (secondary N) is 1. The molecule has 0 atom stereocenters. The Kier molecular flexibility index (Phi) is 4.90. The van der Waals surface area contributed by atoms with Gasteiger partial charge in [-0.15, -0.1) is 0 Å². The Balaban J connectivity index is 1.77. The zero-order valence-corrected chi connectivity index (χ0v) is 14.5. The van der Waals surface area contributed by atoms with Gasteiger partial charge in [-0.25, -0.2) is 0 Å². The van der Waals surface area contributed by atoms with Crippen molar-refractivity contribution in [2.24, 2.45) is 0 Å². The molecule has 6 nitrogen and oxygen atoms in total. The second-order valence-electron chi connectivity index (χ2n) is 6.07. The molecule has 130 valence electrons. The maximum absolute atomic E-state index is 12.4. The zero-order valence-electron chi connectivity index (χ0n) is 13.8. The highest BCUT2D eigenvalue weighted by atomic mass is 35.5. The molecule has 2 aromatic carbocycles. The Morgan fingerprint density at radius 1 is 1.20 bits per heavy atom. The Morgan fingerprint density at radius 2 is 1.92 bits per heavy atom. The summed E-state index contributed by atoms with van der Waals surface area (Å²) in [6, 6.07) is 9.73. The minimum absolute atomic E-state index is 0.0537. The summed E-state index contributed by atoms with van der Waals surface area (Å²) in [6.07, 6.45) is 2.41. The van der Waals surface area contributed by atoms with Crippen LogP contribution in [0.2, 0.25) is 5.02 Å². The summed E-state index contributed by atoms with van der Waals surface area (Å²) < 4.78 is 0. The second-order valence-corrected chi connectivity index (χ2v) is 6.48. The molecule has 0 bridgehead atoms. The molecule has 1 aliphatic rings. The van der Waals surface area contributed by atoms with Crippen molar-refractivity contribution in [3.8, 4) is 0 Å². The van der Waals surface area contributed by atoms with Crippen LogP contribution in [0.15, 0.2) is 36.4 Å². The smallest absolute Gasteiger partial charge is 0.270 e. The van der Waals surface area contributed by atoms with Crippen molar-refractivity contribution < 1.29 is 9.72 Å². The number of anilines is 2. The molecule has 0 saturated carbocycles. The molecule has 2 aromatic rings. The molecule has 25 heavy (non-hydrogen) atoms. The van der Waals surface area contributed by atoms with Crippen LogP contribution >= 0.6 is 11.6 Å². The first kappa shape index (κ1) is 17.2. The third kappa shape index (κ3) is 3.74. The van der Waals surface area contributed by atoms with Gasteiger partial charge in [0.2, 0.25) is 0 Å². The molecule has 0 unspecified atom stereocenters. The quantitative estimate of drug-likeness (QED) is 0.648. The molecule has 1 saturated heterocycles. The molecule has 1 aliphatic heterocycles. The van der Waals surface area contributed by atoms with Gasteiger partial charge in [-0.05, 0) is 49.6 Å². The van der Waals surface area contributed by atoms with Gasteiger partial charge in [-0.2, -0.15) is 0 Å². The summed E-state index contributed by atoms with van der Waals surface area (Å²) in [5.74, 6) is -0.392. The van der Waals surface area contributed by atoms with Gasteiger partial charge in [-0.3, -0.25) is 14.9 Å². The number of aryl methyl sites for hydroxylation is 1. The lowest BCUT2D eigenvalue weighted by molar-refractivity contribution is -0.384. The molecule has 1 N–H and O–H groups in total. The van der Waals surface area contributed by atoms with Gasteiger partial charge >= 0.3 is 0 Å². The number of carbonyl (C=O) groups is 1. The Morgan fingerprint density at radius 3 is 2.52 bits per heavy atom. The van der Waals surface area contributed by atoms with Crippen LogP contribution in [0, 0.1) is 17.0 Å². The maximum Gasteiger partial charge on any atom is 0.270 e. The van der Waals surface area contributed by atoms with E-state index in [1.807, 2.05) is 19.1 Å². The van der Waals surface area contributed by atoms with Crippen molar-refractivity contribution in [1.29, 1.82) is 0 Å². The zero-order chi connectivity index (χ0) is 18.0. The highest BCUT2D eigenvalue weighted by Crippen LogP contribution is 2.27. The van der Waals surface area contributed by atoms with Gasteiger partial charge in [-0.1, -0.05) is 11.6 Å². The van der Waals surface area contributed by atoms with Crippen LogP contribution in [0.4, 0.5) is 17.1 Å². The van der Waals surface area contributed by atoms with Crippen LogP contribution in [0.3, 0.4) is 0 Å².